The van der Waals surface area contributed by atoms with E-state index in [2.05, 4.69) is 5.32 Å². The lowest BCUT2D eigenvalue weighted by Gasteiger charge is -2.31. The van der Waals surface area contributed by atoms with Crippen LogP contribution in [0.1, 0.15) is 59.1 Å². The molecular formula is C22H25NO5S. The molecule has 1 aliphatic carbocycles. The predicted octanol–water partition coefficient (Wildman–Crippen LogP) is 4.85. The Balaban J connectivity index is 1.32. The highest BCUT2D eigenvalue weighted by Crippen LogP contribution is 2.46. The Morgan fingerprint density at radius 1 is 1.14 bits per heavy atom. The summed E-state index contributed by atoms with van der Waals surface area (Å²) in [7, 11) is 0. The number of benzene rings is 1. The van der Waals surface area contributed by atoms with E-state index in [1.807, 2.05) is 19.9 Å². The summed E-state index contributed by atoms with van der Waals surface area (Å²) in [5.41, 5.74) is 1.66. The Morgan fingerprint density at radius 2 is 1.90 bits per heavy atom. The SMILES string of the molecule is CCc1sc(C(=O)OCC(=O)Nc2ccc3c(c2)OC2(CCCCC2)O3)cc1C. The van der Waals surface area contributed by atoms with Crippen molar-refractivity contribution in [1.29, 1.82) is 0 Å². The van der Waals surface area contributed by atoms with E-state index < -0.39 is 17.7 Å². The van der Waals surface area contributed by atoms with Crippen molar-refractivity contribution in [2.24, 2.45) is 0 Å². The summed E-state index contributed by atoms with van der Waals surface area (Å²) in [6, 6.07) is 7.14. The average Bonchev–Trinajstić information content (AvgIpc) is 3.26. The average molecular weight is 416 g/mol. The van der Waals surface area contributed by atoms with Crippen LogP contribution in [0, 0.1) is 6.92 Å². The molecule has 2 aliphatic rings. The quantitative estimate of drug-likeness (QED) is 0.707. The number of carbonyl (C=O) groups excluding carboxylic acids is 2. The zero-order chi connectivity index (χ0) is 20.4. The maximum absolute atomic E-state index is 12.2. The number of esters is 1. The molecule has 2 aromatic rings. The van der Waals surface area contributed by atoms with E-state index in [-0.39, 0.29) is 6.61 Å². The number of hydrogen-bond acceptors (Lipinski definition) is 6. The first-order chi connectivity index (χ1) is 14.0. The molecule has 7 heteroatoms. The number of thiophene rings is 1. The number of anilines is 1. The van der Waals surface area contributed by atoms with Crippen LogP contribution >= 0.6 is 11.3 Å². The molecule has 0 unspecified atom stereocenters. The summed E-state index contributed by atoms with van der Waals surface area (Å²) in [6.07, 6.45) is 6.01. The van der Waals surface area contributed by atoms with Gasteiger partial charge in [0.15, 0.2) is 18.1 Å². The molecule has 0 saturated heterocycles. The minimum atomic E-state index is -0.547. The largest absolute Gasteiger partial charge is 0.451 e. The lowest BCUT2D eigenvalue weighted by Crippen LogP contribution is -2.40. The van der Waals surface area contributed by atoms with Gasteiger partial charge in [0.1, 0.15) is 4.88 Å². The van der Waals surface area contributed by atoms with Gasteiger partial charge in [-0.3, -0.25) is 4.79 Å². The number of aryl methyl sites for hydroxylation is 2. The molecule has 6 nitrogen and oxygen atoms in total. The van der Waals surface area contributed by atoms with Crippen molar-refractivity contribution in [1.82, 2.24) is 0 Å². The molecule has 1 aromatic carbocycles. The Labute approximate surface area is 174 Å². The van der Waals surface area contributed by atoms with Crippen LogP contribution in [0.5, 0.6) is 11.5 Å². The first kappa shape index (κ1) is 19.8. The first-order valence-corrected chi connectivity index (χ1v) is 10.9. The fourth-order valence-electron chi connectivity index (χ4n) is 3.84. The van der Waals surface area contributed by atoms with Gasteiger partial charge >= 0.3 is 5.97 Å². The van der Waals surface area contributed by atoms with Gasteiger partial charge in [-0.25, -0.2) is 4.79 Å². The van der Waals surface area contributed by atoms with Gasteiger partial charge in [0.05, 0.1) is 0 Å². The normalized spacial score (nSPS) is 16.6. The van der Waals surface area contributed by atoms with Gasteiger partial charge in [0, 0.05) is 29.5 Å². The molecule has 2 heterocycles. The van der Waals surface area contributed by atoms with Crippen LogP contribution in [0.2, 0.25) is 0 Å². The first-order valence-electron chi connectivity index (χ1n) is 10.1. The van der Waals surface area contributed by atoms with E-state index in [4.69, 9.17) is 14.2 Å². The van der Waals surface area contributed by atoms with E-state index in [1.54, 1.807) is 18.2 Å². The minimum absolute atomic E-state index is 0.338. The molecule has 0 radical (unpaired) electrons. The number of hydrogen-bond donors (Lipinski definition) is 1. The van der Waals surface area contributed by atoms with Gasteiger partial charge in [-0.2, -0.15) is 0 Å². The molecule has 1 aliphatic heterocycles. The van der Waals surface area contributed by atoms with Crippen molar-refractivity contribution >= 4 is 28.9 Å². The second-order valence-electron chi connectivity index (χ2n) is 7.53. The van der Waals surface area contributed by atoms with Crippen LogP contribution in [0.15, 0.2) is 24.3 Å². The molecule has 1 saturated carbocycles. The monoisotopic (exact) mass is 415 g/mol. The molecular weight excluding hydrogens is 390 g/mol. The van der Waals surface area contributed by atoms with E-state index >= 15 is 0 Å². The Kier molecular flexibility index (Phi) is 5.50. The molecule has 1 fully saturated rings. The van der Waals surface area contributed by atoms with Crippen molar-refractivity contribution in [2.75, 3.05) is 11.9 Å². The molecule has 154 valence electrons. The maximum Gasteiger partial charge on any atom is 0.348 e. The van der Waals surface area contributed by atoms with Crippen LogP contribution < -0.4 is 14.8 Å². The van der Waals surface area contributed by atoms with E-state index in [1.165, 1.54) is 17.8 Å². The summed E-state index contributed by atoms with van der Waals surface area (Å²) in [6.45, 7) is 3.67. The number of rotatable bonds is 5. The van der Waals surface area contributed by atoms with Gasteiger partial charge in [-0.15, -0.1) is 11.3 Å². The summed E-state index contributed by atoms with van der Waals surface area (Å²) in [5, 5.41) is 2.75. The number of nitrogens with one attached hydrogen (secondary N) is 1. The minimum Gasteiger partial charge on any atom is -0.451 e. The van der Waals surface area contributed by atoms with Crippen LogP contribution in [0.3, 0.4) is 0 Å². The molecule has 1 amide bonds. The topological polar surface area (TPSA) is 73.9 Å². The third kappa shape index (κ3) is 4.24. The van der Waals surface area contributed by atoms with Crippen LogP contribution in [-0.2, 0) is 16.0 Å². The second kappa shape index (κ2) is 8.06. The summed E-state index contributed by atoms with van der Waals surface area (Å²) in [4.78, 5) is 26.1. The van der Waals surface area contributed by atoms with E-state index in [0.717, 1.165) is 42.5 Å². The maximum atomic E-state index is 12.2. The third-order valence-electron chi connectivity index (χ3n) is 5.31. The summed E-state index contributed by atoms with van der Waals surface area (Å²) < 4.78 is 17.3. The second-order valence-corrected chi connectivity index (χ2v) is 8.67. The van der Waals surface area contributed by atoms with Crippen LogP contribution in [0.25, 0.3) is 0 Å². The Bertz CT molecular complexity index is 929. The lowest BCUT2D eigenvalue weighted by molar-refractivity contribution is -0.119. The molecule has 1 N–H and O–H groups in total. The van der Waals surface area contributed by atoms with Crippen LogP contribution in [0.4, 0.5) is 5.69 Å². The highest BCUT2D eigenvalue weighted by atomic mass is 32.1. The van der Waals surface area contributed by atoms with Gasteiger partial charge in [-0.05, 0) is 49.9 Å². The standard InChI is InChI=1S/C22H25NO5S/c1-3-18-14(2)11-19(29-18)21(25)26-13-20(24)23-15-7-8-16-17(12-15)28-22(27-16)9-5-4-6-10-22/h7-8,11-12H,3-6,9-10,13H2,1-2H3,(H,23,24). The van der Waals surface area contributed by atoms with E-state index in [9.17, 15) is 9.59 Å². The van der Waals surface area contributed by atoms with Crippen molar-refractivity contribution < 1.29 is 23.8 Å². The highest BCUT2D eigenvalue weighted by molar-refractivity contribution is 7.14. The zero-order valence-corrected chi connectivity index (χ0v) is 17.5. The van der Waals surface area contributed by atoms with Gasteiger partial charge in [0.2, 0.25) is 0 Å². The van der Waals surface area contributed by atoms with Crippen molar-refractivity contribution in [3.8, 4) is 11.5 Å². The number of amides is 1. The molecule has 1 aromatic heterocycles. The van der Waals surface area contributed by atoms with Crippen LogP contribution in [-0.4, -0.2) is 24.3 Å². The number of fused-ring (bicyclic) bond motifs is 1. The zero-order valence-electron chi connectivity index (χ0n) is 16.7. The van der Waals surface area contributed by atoms with Crippen molar-refractivity contribution in [3.63, 3.8) is 0 Å². The van der Waals surface area contributed by atoms with Crippen molar-refractivity contribution in [3.05, 3.63) is 39.6 Å². The molecule has 29 heavy (non-hydrogen) atoms. The smallest absolute Gasteiger partial charge is 0.348 e. The predicted molar refractivity (Wildman–Crippen MR) is 111 cm³/mol. The molecule has 0 bridgehead atoms. The Hall–Kier alpha value is -2.54. The lowest BCUT2D eigenvalue weighted by atomic mass is 9.94. The van der Waals surface area contributed by atoms with Gasteiger partial charge in [-0.1, -0.05) is 13.3 Å². The van der Waals surface area contributed by atoms with E-state index in [0.29, 0.717) is 22.1 Å². The van der Waals surface area contributed by atoms with Gasteiger partial charge < -0.3 is 19.5 Å². The third-order valence-corrected chi connectivity index (χ3v) is 6.67. The highest BCUT2D eigenvalue weighted by Gasteiger charge is 2.42. The molecule has 4 rings (SSSR count). The number of carbonyl (C=O) groups is 2. The summed E-state index contributed by atoms with van der Waals surface area (Å²) >= 11 is 1.41. The van der Waals surface area contributed by atoms with Crippen molar-refractivity contribution in [2.45, 2.75) is 58.2 Å². The fourth-order valence-corrected chi connectivity index (χ4v) is 4.84. The van der Waals surface area contributed by atoms with Gasteiger partial charge in [0.25, 0.3) is 11.7 Å². The summed E-state index contributed by atoms with van der Waals surface area (Å²) in [5.74, 6) is -0.0694. The molecule has 1 spiro atoms. The molecule has 0 atom stereocenters. The fraction of sp³-hybridized carbons (Fsp3) is 0.455. The Morgan fingerprint density at radius 3 is 2.62 bits per heavy atom. The number of ether oxygens (including phenoxy) is 3.